The van der Waals surface area contributed by atoms with E-state index in [0.717, 1.165) is 51.4 Å². The third kappa shape index (κ3) is 15.5. The zero-order valence-corrected chi connectivity index (χ0v) is 22.7. The van der Waals surface area contributed by atoms with E-state index in [4.69, 9.17) is 19.7 Å². The number of hydrogen-bond acceptors (Lipinski definition) is 6. The summed E-state index contributed by atoms with van der Waals surface area (Å²) in [5, 5.41) is 23.1. The Kier molecular flexibility index (Phi) is 12.5. The minimum Gasteiger partial charge on any atom is -0.481 e. The largest absolute Gasteiger partial charge is 0.481 e. The first-order valence-corrected chi connectivity index (χ1v) is 12.9. The van der Waals surface area contributed by atoms with Crippen molar-refractivity contribution < 1.29 is 38.9 Å². The number of carboxylic acids is 2. The third-order valence-electron chi connectivity index (χ3n) is 6.06. The molecule has 10 nitrogen and oxygen atoms in total. The fraction of sp³-hybridized carbons (Fsp3) is 0.846. The predicted octanol–water partition coefficient (Wildman–Crippen LogP) is 5.09. The number of carboxylic acid groups (broad SMARTS) is 2. The highest BCUT2D eigenvalue weighted by atomic mass is 16.6. The summed E-state index contributed by atoms with van der Waals surface area (Å²) in [5.41, 5.74) is -0.963. The molecule has 0 unspecified atom stereocenters. The molecule has 36 heavy (non-hydrogen) atoms. The number of rotatable bonds is 6. The molecule has 2 rings (SSSR count). The van der Waals surface area contributed by atoms with E-state index in [-0.39, 0.29) is 48.9 Å². The number of alkyl carbamates (subject to hydrolysis) is 2. The SMILES string of the molecule is CC(C)(C)OC(=O)NC1CCC(CC(=O)O)CC1.CC(C)(C)OC(=O)NC1CCC(CC(=O)O)CC1. The van der Waals surface area contributed by atoms with Crippen LogP contribution in [-0.4, -0.2) is 57.6 Å². The smallest absolute Gasteiger partial charge is 0.407 e. The summed E-state index contributed by atoms with van der Waals surface area (Å²) in [7, 11) is 0. The lowest BCUT2D eigenvalue weighted by Gasteiger charge is -2.29. The molecule has 10 heteroatoms. The summed E-state index contributed by atoms with van der Waals surface area (Å²) in [4.78, 5) is 44.3. The van der Waals surface area contributed by atoms with Crippen molar-refractivity contribution in [3.05, 3.63) is 0 Å². The molecule has 208 valence electrons. The van der Waals surface area contributed by atoms with Gasteiger partial charge >= 0.3 is 24.1 Å². The van der Waals surface area contributed by atoms with Gasteiger partial charge in [-0.1, -0.05) is 0 Å². The van der Waals surface area contributed by atoms with Gasteiger partial charge in [-0.15, -0.1) is 0 Å². The maximum absolute atomic E-state index is 11.6. The molecule has 0 atom stereocenters. The van der Waals surface area contributed by atoms with Crippen LogP contribution in [0.1, 0.15) is 106 Å². The van der Waals surface area contributed by atoms with Crippen LogP contribution in [0.15, 0.2) is 0 Å². The molecule has 0 spiro atoms. The second-order valence-corrected chi connectivity index (χ2v) is 11.9. The number of ether oxygens (including phenoxy) is 2. The highest BCUT2D eigenvalue weighted by Gasteiger charge is 2.27. The lowest BCUT2D eigenvalue weighted by atomic mass is 9.84. The predicted molar refractivity (Wildman–Crippen MR) is 135 cm³/mol. The molecule has 2 aliphatic carbocycles. The molecule has 0 heterocycles. The van der Waals surface area contributed by atoms with Crippen molar-refractivity contribution >= 4 is 24.1 Å². The van der Waals surface area contributed by atoms with Gasteiger partial charge in [0.05, 0.1) is 0 Å². The van der Waals surface area contributed by atoms with Gasteiger partial charge in [-0.25, -0.2) is 9.59 Å². The Morgan fingerprint density at radius 3 is 1.11 bits per heavy atom. The minimum absolute atomic E-state index is 0.116. The number of carbonyl (C=O) groups excluding carboxylic acids is 2. The summed E-state index contributed by atoms with van der Waals surface area (Å²) >= 11 is 0. The second kappa shape index (κ2) is 14.3. The van der Waals surface area contributed by atoms with Gasteiger partial charge < -0.3 is 30.3 Å². The average Bonchev–Trinajstić information content (AvgIpc) is 2.68. The van der Waals surface area contributed by atoms with Gasteiger partial charge in [-0.2, -0.15) is 0 Å². The van der Waals surface area contributed by atoms with Crippen LogP contribution in [0.4, 0.5) is 9.59 Å². The van der Waals surface area contributed by atoms with Crippen molar-refractivity contribution in [2.75, 3.05) is 0 Å². The van der Waals surface area contributed by atoms with Crippen molar-refractivity contribution in [1.29, 1.82) is 0 Å². The molecule has 2 aliphatic rings. The van der Waals surface area contributed by atoms with Crippen LogP contribution < -0.4 is 10.6 Å². The topological polar surface area (TPSA) is 151 Å². The molecule has 0 aromatic carbocycles. The second-order valence-electron chi connectivity index (χ2n) is 11.9. The van der Waals surface area contributed by atoms with Crippen LogP contribution in [0, 0.1) is 11.8 Å². The van der Waals surface area contributed by atoms with E-state index in [0.29, 0.717) is 0 Å². The quantitative estimate of drug-likeness (QED) is 0.383. The molecule has 0 saturated heterocycles. The average molecular weight is 515 g/mol. The van der Waals surface area contributed by atoms with E-state index >= 15 is 0 Å². The molecule has 0 bridgehead atoms. The standard InChI is InChI=1S/2C13H23NO4/c2*1-13(2,3)18-12(17)14-10-6-4-9(5-7-10)8-11(15)16/h2*9-10H,4-8H2,1-3H3,(H,14,17)(H,15,16). The molecule has 0 aromatic rings. The van der Waals surface area contributed by atoms with E-state index in [9.17, 15) is 19.2 Å². The zero-order valence-electron chi connectivity index (χ0n) is 22.7. The monoisotopic (exact) mass is 514 g/mol. The van der Waals surface area contributed by atoms with Gasteiger partial charge in [0.25, 0.3) is 0 Å². The lowest BCUT2D eigenvalue weighted by molar-refractivity contribution is -0.139. The highest BCUT2D eigenvalue weighted by molar-refractivity contribution is 5.69. The van der Waals surface area contributed by atoms with Crippen molar-refractivity contribution in [1.82, 2.24) is 10.6 Å². The molecule has 2 saturated carbocycles. The van der Waals surface area contributed by atoms with Crippen molar-refractivity contribution in [2.24, 2.45) is 11.8 Å². The fourth-order valence-corrected chi connectivity index (χ4v) is 4.46. The number of carbonyl (C=O) groups is 4. The normalized spacial score (nSPS) is 24.4. The van der Waals surface area contributed by atoms with E-state index in [1.54, 1.807) is 0 Å². The maximum Gasteiger partial charge on any atom is 0.407 e. The number of aliphatic carboxylic acids is 2. The van der Waals surface area contributed by atoms with Gasteiger partial charge in [-0.3, -0.25) is 9.59 Å². The molecule has 0 aromatic heterocycles. The third-order valence-corrected chi connectivity index (χ3v) is 6.06. The molecular formula is C26H46N2O8. The van der Waals surface area contributed by atoms with Gasteiger partial charge in [0, 0.05) is 24.9 Å². The van der Waals surface area contributed by atoms with Gasteiger partial charge in [0.2, 0.25) is 0 Å². The van der Waals surface area contributed by atoms with Crippen molar-refractivity contribution in [3.63, 3.8) is 0 Å². The first kappa shape index (κ1) is 31.5. The summed E-state index contributed by atoms with van der Waals surface area (Å²) in [6, 6.07) is 0.231. The first-order valence-electron chi connectivity index (χ1n) is 12.9. The molecule has 0 aliphatic heterocycles. The Labute approximate surface area is 214 Å². The van der Waals surface area contributed by atoms with Crippen LogP contribution in [0.3, 0.4) is 0 Å². The van der Waals surface area contributed by atoms with Crippen LogP contribution in [0.25, 0.3) is 0 Å². The highest BCUT2D eigenvalue weighted by Crippen LogP contribution is 2.28. The zero-order chi connectivity index (χ0) is 27.5. The summed E-state index contributed by atoms with van der Waals surface area (Å²) in [6.07, 6.45) is 6.44. The van der Waals surface area contributed by atoms with Gasteiger partial charge in [0.15, 0.2) is 0 Å². The van der Waals surface area contributed by atoms with Crippen LogP contribution >= 0.6 is 0 Å². The molecular weight excluding hydrogens is 468 g/mol. The minimum atomic E-state index is -0.737. The Balaban J connectivity index is 0.000000360. The van der Waals surface area contributed by atoms with E-state index < -0.39 is 23.1 Å². The lowest BCUT2D eigenvalue weighted by Crippen LogP contribution is -2.41. The van der Waals surface area contributed by atoms with Crippen molar-refractivity contribution in [3.8, 4) is 0 Å². The Morgan fingerprint density at radius 1 is 0.611 bits per heavy atom. The van der Waals surface area contributed by atoms with Crippen LogP contribution in [0.2, 0.25) is 0 Å². The van der Waals surface area contributed by atoms with Gasteiger partial charge in [0.1, 0.15) is 11.2 Å². The Bertz CT molecular complexity index is 663. The van der Waals surface area contributed by atoms with Gasteiger partial charge in [-0.05, 0) is 105 Å². The summed E-state index contributed by atoms with van der Waals surface area (Å²) < 4.78 is 10.4. The molecule has 0 radical (unpaired) electrons. The number of nitrogens with one attached hydrogen (secondary N) is 2. The first-order chi connectivity index (χ1) is 16.5. The summed E-state index contributed by atoms with van der Waals surface area (Å²) in [6.45, 7) is 11.0. The molecule has 4 N–H and O–H groups in total. The number of amides is 2. The number of hydrogen-bond donors (Lipinski definition) is 4. The van der Waals surface area contributed by atoms with Crippen LogP contribution in [0.5, 0.6) is 0 Å². The van der Waals surface area contributed by atoms with E-state index in [2.05, 4.69) is 10.6 Å². The summed E-state index contributed by atoms with van der Waals surface area (Å²) in [5.74, 6) is -0.976. The van der Waals surface area contributed by atoms with Crippen molar-refractivity contribution in [2.45, 2.75) is 129 Å². The molecule has 2 fully saturated rings. The fourth-order valence-electron chi connectivity index (χ4n) is 4.46. The van der Waals surface area contributed by atoms with Crippen LogP contribution in [-0.2, 0) is 19.1 Å². The Morgan fingerprint density at radius 2 is 0.889 bits per heavy atom. The van der Waals surface area contributed by atoms with E-state index in [1.165, 1.54) is 0 Å². The van der Waals surface area contributed by atoms with E-state index in [1.807, 2.05) is 41.5 Å². The maximum atomic E-state index is 11.6. The Hall–Kier alpha value is -2.52. The molecule has 2 amide bonds.